The van der Waals surface area contributed by atoms with Crippen molar-refractivity contribution in [2.24, 2.45) is 5.92 Å². The number of nitrogens with one attached hydrogen (secondary N) is 1. The van der Waals surface area contributed by atoms with Crippen molar-refractivity contribution in [2.45, 2.75) is 19.9 Å². The Bertz CT molecular complexity index is 731. The number of carbonyl (C=O) groups is 2. The summed E-state index contributed by atoms with van der Waals surface area (Å²) in [6, 6.07) is 6.00. The van der Waals surface area contributed by atoms with E-state index in [1.165, 1.54) is 23.5 Å². The molecule has 23 heavy (non-hydrogen) atoms. The molecule has 2 heterocycles. The van der Waals surface area contributed by atoms with Crippen LogP contribution in [0.15, 0.2) is 24.3 Å². The van der Waals surface area contributed by atoms with Crippen LogP contribution in [0.25, 0.3) is 0 Å². The third kappa shape index (κ3) is 3.70. The maximum atomic E-state index is 12.9. The summed E-state index contributed by atoms with van der Waals surface area (Å²) in [5, 5.41) is 11.6. The number of likely N-dealkylation sites (tertiary alicyclic amines) is 1. The van der Waals surface area contributed by atoms with Crippen molar-refractivity contribution < 1.29 is 14.0 Å². The van der Waals surface area contributed by atoms with Gasteiger partial charge in [-0.05, 0) is 24.6 Å². The number of halogens is 1. The molecular weight excluding hydrogens is 319 g/mol. The average molecular weight is 334 g/mol. The van der Waals surface area contributed by atoms with Crippen LogP contribution in [-0.2, 0) is 16.1 Å². The number of aryl methyl sites for hydroxylation is 1. The summed E-state index contributed by atoms with van der Waals surface area (Å²) in [7, 11) is 0. The quantitative estimate of drug-likeness (QED) is 0.928. The van der Waals surface area contributed by atoms with E-state index in [0.717, 1.165) is 10.6 Å². The first-order valence-corrected chi connectivity index (χ1v) is 7.96. The van der Waals surface area contributed by atoms with E-state index >= 15 is 0 Å². The van der Waals surface area contributed by atoms with Gasteiger partial charge < -0.3 is 10.2 Å². The molecule has 0 bridgehead atoms. The maximum absolute atomic E-state index is 12.9. The summed E-state index contributed by atoms with van der Waals surface area (Å²) in [5.74, 6) is -1.03. The fraction of sp³-hybridized carbons (Fsp3) is 0.333. The van der Waals surface area contributed by atoms with Gasteiger partial charge in [-0.2, -0.15) is 0 Å². The van der Waals surface area contributed by atoms with Crippen molar-refractivity contribution in [3.05, 3.63) is 40.7 Å². The zero-order valence-electron chi connectivity index (χ0n) is 12.5. The number of rotatable bonds is 4. The normalized spacial score (nSPS) is 17.6. The third-order valence-corrected chi connectivity index (χ3v) is 4.38. The van der Waals surface area contributed by atoms with Crippen molar-refractivity contribution in [3.63, 3.8) is 0 Å². The molecule has 3 rings (SSSR count). The molecule has 1 saturated heterocycles. The smallest absolute Gasteiger partial charge is 0.231 e. The Morgan fingerprint density at radius 1 is 1.39 bits per heavy atom. The van der Waals surface area contributed by atoms with E-state index in [1.54, 1.807) is 24.0 Å². The van der Waals surface area contributed by atoms with Crippen LogP contribution < -0.4 is 5.32 Å². The number of nitrogens with zero attached hydrogens (tertiary/aromatic N) is 3. The van der Waals surface area contributed by atoms with Crippen LogP contribution in [0.1, 0.15) is 17.0 Å². The lowest BCUT2D eigenvalue weighted by molar-refractivity contribution is -0.128. The zero-order chi connectivity index (χ0) is 16.4. The summed E-state index contributed by atoms with van der Waals surface area (Å²) in [4.78, 5) is 25.9. The Kier molecular flexibility index (Phi) is 4.33. The highest BCUT2D eigenvalue weighted by Crippen LogP contribution is 2.23. The van der Waals surface area contributed by atoms with Gasteiger partial charge in [-0.1, -0.05) is 23.5 Å². The highest BCUT2D eigenvalue weighted by molar-refractivity contribution is 7.15. The minimum absolute atomic E-state index is 0.0806. The predicted octanol–water partition coefficient (Wildman–Crippen LogP) is 1.97. The Labute approximate surface area is 136 Å². The lowest BCUT2D eigenvalue weighted by atomic mass is 10.1. The summed E-state index contributed by atoms with van der Waals surface area (Å²) >= 11 is 1.29. The van der Waals surface area contributed by atoms with Crippen molar-refractivity contribution in [1.82, 2.24) is 15.1 Å². The number of amides is 2. The Hall–Kier alpha value is -2.35. The average Bonchev–Trinajstić information content (AvgIpc) is 3.08. The lowest BCUT2D eigenvalue weighted by Gasteiger charge is -2.16. The van der Waals surface area contributed by atoms with Crippen LogP contribution >= 0.6 is 11.3 Å². The van der Waals surface area contributed by atoms with Gasteiger partial charge in [0.15, 0.2) is 0 Å². The highest BCUT2D eigenvalue weighted by atomic mass is 32.1. The fourth-order valence-electron chi connectivity index (χ4n) is 2.47. The molecule has 1 aliphatic rings. The van der Waals surface area contributed by atoms with Crippen LogP contribution in [0.4, 0.5) is 9.52 Å². The van der Waals surface area contributed by atoms with Crippen molar-refractivity contribution in [3.8, 4) is 0 Å². The molecule has 0 unspecified atom stereocenters. The Morgan fingerprint density at radius 3 is 2.78 bits per heavy atom. The van der Waals surface area contributed by atoms with Gasteiger partial charge in [0.05, 0.1) is 5.92 Å². The predicted molar refractivity (Wildman–Crippen MR) is 83.2 cm³/mol. The molecule has 8 heteroatoms. The van der Waals surface area contributed by atoms with Crippen LogP contribution in [-0.4, -0.2) is 33.5 Å². The van der Waals surface area contributed by atoms with Gasteiger partial charge in [-0.3, -0.25) is 9.59 Å². The van der Waals surface area contributed by atoms with E-state index in [9.17, 15) is 14.0 Å². The fourth-order valence-corrected chi connectivity index (χ4v) is 3.06. The SMILES string of the molecule is Cc1nnc(NC(=O)[C@@H]2CC(=O)N(Cc3ccc(F)cc3)C2)s1. The molecule has 0 saturated carbocycles. The van der Waals surface area contributed by atoms with Crippen LogP contribution in [0, 0.1) is 18.7 Å². The summed E-state index contributed by atoms with van der Waals surface area (Å²) < 4.78 is 12.9. The highest BCUT2D eigenvalue weighted by Gasteiger charge is 2.34. The number of hydrogen-bond acceptors (Lipinski definition) is 5. The zero-order valence-corrected chi connectivity index (χ0v) is 13.3. The van der Waals surface area contributed by atoms with Gasteiger partial charge in [-0.15, -0.1) is 10.2 Å². The monoisotopic (exact) mass is 334 g/mol. The number of carbonyl (C=O) groups excluding carboxylic acids is 2. The minimum Gasteiger partial charge on any atom is -0.338 e. The molecule has 120 valence electrons. The van der Waals surface area contributed by atoms with Gasteiger partial charge in [0.1, 0.15) is 10.8 Å². The first kappa shape index (κ1) is 15.5. The number of benzene rings is 1. The summed E-state index contributed by atoms with van der Waals surface area (Å²) in [6.45, 7) is 2.53. The topological polar surface area (TPSA) is 75.2 Å². The van der Waals surface area contributed by atoms with E-state index < -0.39 is 5.92 Å². The Morgan fingerprint density at radius 2 is 2.13 bits per heavy atom. The van der Waals surface area contributed by atoms with E-state index in [1.807, 2.05) is 0 Å². The van der Waals surface area contributed by atoms with Crippen LogP contribution in [0.3, 0.4) is 0 Å². The molecule has 2 amide bonds. The molecule has 6 nitrogen and oxygen atoms in total. The molecule has 1 fully saturated rings. The second kappa shape index (κ2) is 6.41. The minimum atomic E-state index is -0.410. The number of aromatic nitrogens is 2. The van der Waals surface area contributed by atoms with Crippen molar-refractivity contribution in [2.75, 3.05) is 11.9 Å². The second-order valence-corrected chi connectivity index (χ2v) is 6.60. The first-order valence-electron chi connectivity index (χ1n) is 7.14. The summed E-state index contributed by atoms with van der Waals surface area (Å²) in [5.41, 5.74) is 0.834. The molecule has 1 aliphatic heterocycles. The largest absolute Gasteiger partial charge is 0.338 e. The van der Waals surface area contributed by atoms with Gasteiger partial charge in [0.2, 0.25) is 16.9 Å². The van der Waals surface area contributed by atoms with E-state index in [-0.39, 0.29) is 24.1 Å². The second-order valence-electron chi connectivity index (χ2n) is 5.42. The molecule has 1 aromatic carbocycles. The molecule has 1 N–H and O–H groups in total. The molecule has 1 aromatic heterocycles. The molecule has 0 aliphatic carbocycles. The van der Waals surface area contributed by atoms with E-state index in [4.69, 9.17) is 0 Å². The standard InChI is InChI=1S/C15H15FN4O2S/c1-9-18-19-15(23-9)17-14(22)11-6-13(21)20(8-11)7-10-2-4-12(16)5-3-10/h2-5,11H,6-8H2,1H3,(H,17,19,22)/t11-/m1/s1. The summed E-state index contributed by atoms with van der Waals surface area (Å²) in [6.07, 6.45) is 0.171. The maximum Gasteiger partial charge on any atom is 0.231 e. The van der Waals surface area contributed by atoms with Gasteiger partial charge >= 0.3 is 0 Å². The number of hydrogen-bond donors (Lipinski definition) is 1. The van der Waals surface area contributed by atoms with Gasteiger partial charge in [-0.25, -0.2) is 4.39 Å². The molecular formula is C15H15FN4O2S. The molecule has 1 atom stereocenters. The molecule has 0 spiro atoms. The van der Waals surface area contributed by atoms with E-state index in [2.05, 4.69) is 15.5 Å². The van der Waals surface area contributed by atoms with Crippen LogP contribution in [0.2, 0.25) is 0 Å². The van der Waals surface area contributed by atoms with Crippen molar-refractivity contribution >= 4 is 28.3 Å². The van der Waals surface area contributed by atoms with Gasteiger partial charge in [0, 0.05) is 19.5 Å². The first-order chi connectivity index (χ1) is 11.0. The van der Waals surface area contributed by atoms with Crippen molar-refractivity contribution in [1.29, 1.82) is 0 Å². The molecule has 2 aromatic rings. The lowest BCUT2D eigenvalue weighted by Crippen LogP contribution is -2.28. The molecule has 0 radical (unpaired) electrons. The number of anilines is 1. The van der Waals surface area contributed by atoms with Gasteiger partial charge in [0.25, 0.3) is 0 Å². The third-order valence-electron chi connectivity index (χ3n) is 3.63. The Balaban J connectivity index is 1.60. The van der Waals surface area contributed by atoms with E-state index in [0.29, 0.717) is 18.2 Å². The van der Waals surface area contributed by atoms with Crippen LogP contribution in [0.5, 0.6) is 0 Å².